The molecule has 5 nitrogen and oxygen atoms in total. The lowest BCUT2D eigenvalue weighted by molar-refractivity contribution is 0.354. The van der Waals surface area contributed by atoms with E-state index >= 15 is 0 Å². The van der Waals surface area contributed by atoms with Crippen molar-refractivity contribution in [1.29, 1.82) is 0 Å². The van der Waals surface area contributed by atoms with Gasteiger partial charge in [-0.3, -0.25) is 4.68 Å². The first kappa shape index (κ1) is 13.7. The second-order valence-electron chi connectivity index (χ2n) is 4.16. The fraction of sp³-hybridized carbons (Fsp3) is 0.308. The maximum absolute atomic E-state index is 6.03. The molecule has 0 atom stereocenters. The first-order valence-corrected chi connectivity index (χ1v) is 6.49. The summed E-state index contributed by atoms with van der Waals surface area (Å²) in [6.07, 6.45) is 1.72. The van der Waals surface area contributed by atoms with Crippen LogP contribution < -0.4 is 15.2 Å². The molecular formula is C13H16BrN3O2. The molecule has 6 heteroatoms. The number of hydrogen-bond donors (Lipinski definition) is 1. The minimum atomic E-state index is 0.580. The Labute approximate surface area is 120 Å². The number of nitrogens with zero attached hydrogens (tertiary/aromatic N) is 2. The van der Waals surface area contributed by atoms with Crippen molar-refractivity contribution in [3.63, 3.8) is 0 Å². The van der Waals surface area contributed by atoms with Crippen molar-refractivity contribution in [1.82, 2.24) is 9.78 Å². The van der Waals surface area contributed by atoms with Gasteiger partial charge in [0.2, 0.25) is 0 Å². The van der Waals surface area contributed by atoms with Gasteiger partial charge in [-0.1, -0.05) is 15.9 Å². The lowest BCUT2D eigenvalue weighted by Crippen LogP contribution is -2.00. The van der Waals surface area contributed by atoms with Gasteiger partial charge in [0.05, 0.1) is 20.4 Å². The van der Waals surface area contributed by atoms with Crippen LogP contribution in [0, 0.1) is 6.92 Å². The standard InChI is InChI=1S/C13H16BrN3O2/c1-7-10(14)5-8(12(19-4)11(7)18-3)9-6-16-17(2)13(9)15/h5-6H,15H2,1-4H3. The van der Waals surface area contributed by atoms with Crippen LogP contribution in [0.5, 0.6) is 11.5 Å². The van der Waals surface area contributed by atoms with Gasteiger partial charge in [-0.15, -0.1) is 0 Å². The molecule has 0 fully saturated rings. The minimum absolute atomic E-state index is 0.580. The molecule has 2 rings (SSSR count). The molecule has 1 aromatic heterocycles. The van der Waals surface area contributed by atoms with E-state index in [0.29, 0.717) is 17.3 Å². The average Bonchev–Trinajstić information content (AvgIpc) is 2.72. The monoisotopic (exact) mass is 325 g/mol. The van der Waals surface area contributed by atoms with E-state index in [1.54, 1.807) is 32.1 Å². The van der Waals surface area contributed by atoms with Gasteiger partial charge in [0.15, 0.2) is 11.5 Å². The van der Waals surface area contributed by atoms with E-state index < -0.39 is 0 Å². The van der Waals surface area contributed by atoms with Gasteiger partial charge in [0.25, 0.3) is 0 Å². The van der Waals surface area contributed by atoms with Gasteiger partial charge in [0.1, 0.15) is 5.82 Å². The molecule has 2 N–H and O–H groups in total. The molecule has 2 aromatic rings. The minimum Gasteiger partial charge on any atom is -0.493 e. The fourth-order valence-electron chi connectivity index (χ4n) is 2.00. The third-order valence-corrected chi connectivity index (χ3v) is 3.93. The molecule has 1 aromatic carbocycles. The summed E-state index contributed by atoms with van der Waals surface area (Å²) in [6.45, 7) is 1.96. The SMILES string of the molecule is COc1c(-c2cnn(C)c2N)cc(Br)c(C)c1OC. The Hall–Kier alpha value is -1.69. The van der Waals surface area contributed by atoms with E-state index in [0.717, 1.165) is 21.2 Å². The second kappa shape index (κ2) is 5.13. The van der Waals surface area contributed by atoms with Crippen LogP contribution in [-0.4, -0.2) is 24.0 Å². The van der Waals surface area contributed by atoms with Crippen molar-refractivity contribution in [3.05, 3.63) is 22.3 Å². The van der Waals surface area contributed by atoms with E-state index in [2.05, 4.69) is 21.0 Å². The topological polar surface area (TPSA) is 62.3 Å². The summed E-state index contributed by atoms with van der Waals surface area (Å²) in [5, 5.41) is 4.16. The lowest BCUT2D eigenvalue weighted by Gasteiger charge is -2.16. The predicted molar refractivity (Wildman–Crippen MR) is 78.6 cm³/mol. The van der Waals surface area contributed by atoms with Crippen molar-refractivity contribution >= 4 is 21.7 Å². The van der Waals surface area contributed by atoms with Gasteiger partial charge >= 0.3 is 0 Å². The molecule has 0 unspecified atom stereocenters. The summed E-state index contributed by atoms with van der Waals surface area (Å²) < 4.78 is 13.5. The molecule has 19 heavy (non-hydrogen) atoms. The van der Waals surface area contributed by atoms with Crippen LogP contribution in [0.15, 0.2) is 16.7 Å². The van der Waals surface area contributed by atoms with Crippen LogP contribution in [0.4, 0.5) is 5.82 Å². The number of methoxy groups -OCH3 is 2. The van der Waals surface area contributed by atoms with Crippen LogP contribution in [0.3, 0.4) is 0 Å². The highest BCUT2D eigenvalue weighted by molar-refractivity contribution is 9.10. The Morgan fingerprint density at radius 2 is 1.84 bits per heavy atom. The molecule has 0 spiro atoms. The van der Waals surface area contributed by atoms with Crippen LogP contribution in [0.2, 0.25) is 0 Å². The quantitative estimate of drug-likeness (QED) is 0.942. The van der Waals surface area contributed by atoms with Gasteiger partial charge in [0, 0.05) is 28.2 Å². The number of aromatic nitrogens is 2. The Morgan fingerprint density at radius 3 is 2.32 bits per heavy atom. The van der Waals surface area contributed by atoms with Crippen molar-refractivity contribution in [2.75, 3.05) is 20.0 Å². The largest absolute Gasteiger partial charge is 0.493 e. The van der Waals surface area contributed by atoms with E-state index in [-0.39, 0.29) is 0 Å². The van der Waals surface area contributed by atoms with Crippen LogP contribution in [-0.2, 0) is 7.05 Å². The molecule has 1 heterocycles. The summed E-state index contributed by atoms with van der Waals surface area (Å²) in [5.41, 5.74) is 8.67. The third kappa shape index (κ3) is 2.16. The highest BCUT2D eigenvalue weighted by Gasteiger charge is 2.20. The zero-order chi connectivity index (χ0) is 14.2. The van der Waals surface area contributed by atoms with Crippen molar-refractivity contribution in [3.8, 4) is 22.6 Å². The summed E-state index contributed by atoms with van der Waals surface area (Å²) in [7, 11) is 5.03. The molecular weight excluding hydrogens is 310 g/mol. The molecule has 0 saturated heterocycles. The molecule has 0 amide bonds. The number of aryl methyl sites for hydroxylation is 1. The predicted octanol–water partition coefficient (Wildman–Crippen LogP) is 2.76. The van der Waals surface area contributed by atoms with E-state index in [4.69, 9.17) is 15.2 Å². The van der Waals surface area contributed by atoms with Gasteiger partial charge < -0.3 is 15.2 Å². The molecule has 0 aliphatic rings. The number of nitrogens with two attached hydrogens (primary N) is 1. The summed E-state index contributed by atoms with van der Waals surface area (Å²) >= 11 is 3.53. The maximum atomic E-state index is 6.03. The average molecular weight is 326 g/mol. The van der Waals surface area contributed by atoms with Crippen LogP contribution >= 0.6 is 15.9 Å². The van der Waals surface area contributed by atoms with Gasteiger partial charge in [-0.25, -0.2) is 0 Å². The normalized spacial score (nSPS) is 10.6. The summed E-state index contributed by atoms with van der Waals surface area (Å²) in [5.74, 6) is 1.93. The number of benzene rings is 1. The molecule has 0 aliphatic carbocycles. The van der Waals surface area contributed by atoms with E-state index in [1.807, 2.05) is 13.0 Å². The number of halogens is 1. The first-order chi connectivity index (χ1) is 9.01. The van der Waals surface area contributed by atoms with Crippen LogP contribution in [0.25, 0.3) is 11.1 Å². The molecule has 0 bridgehead atoms. The zero-order valence-corrected chi connectivity index (χ0v) is 12.9. The Balaban J connectivity index is 2.76. The number of ether oxygens (including phenoxy) is 2. The summed E-state index contributed by atoms with van der Waals surface area (Å²) in [4.78, 5) is 0. The number of anilines is 1. The summed E-state index contributed by atoms with van der Waals surface area (Å²) in [6, 6.07) is 1.96. The Kier molecular flexibility index (Phi) is 3.71. The number of nitrogen functional groups attached to an aromatic ring is 1. The van der Waals surface area contributed by atoms with E-state index in [1.165, 1.54) is 0 Å². The van der Waals surface area contributed by atoms with Gasteiger partial charge in [-0.05, 0) is 13.0 Å². The third-order valence-electron chi connectivity index (χ3n) is 3.10. The molecule has 0 saturated carbocycles. The Morgan fingerprint density at radius 1 is 1.21 bits per heavy atom. The smallest absolute Gasteiger partial charge is 0.169 e. The molecule has 102 valence electrons. The molecule has 0 radical (unpaired) electrons. The second-order valence-corrected chi connectivity index (χ2v) is 5.02. The maximum Gasteiger partial charge on any atom is 0.169 e. The zero-order valence-electron chi connectivity index (χ0n) is 11.3. The number of hydrogen-bond acceptors (Lipinski definition) is 4. The fourth-order valence-corrected chi connectivity index (χ4v) is 2.41. The van der Waals surface area contributed by atoms with E-state index in [9.17, 15) is 0 Å². The molecule has 0 aliphatic heterocycles. The van der Waals surface area contributed by atoms with Crippen molar-refractivity contribution in [2.24, 2.45) is 7.05 Å². The van der Waals surface area contributed by atoms with Gasteiger partial charge in [-0.2, -0.15) is 5.10 Å². The Bertz CT molecular complexity index is 623. The highest BCUT2D eigenvalue weighted by Crippen LogP contribution is 2.45. The highest BCUT2D eigenvalue weighted by atomic mass is 79.9. The first-order valence-electron chi connectivity index (χ1n) is 5.70. The number of rotatable bonds is 3. The van der Waals surface area contributed by atoms with Crippen LogP contribution in [0.1, 0.15) is 5.56 Å². The van der Waals surface area contributed by atoms with Crippen molar-refractivity contribution < 1.29 is 9.47 Å². The lowest BCUT2D eigenvalue weighted by atomic mass is 10.0. The van der Waals surface area contributed by atoms with Crippen molar-refractivity contribution in [2.45, 2.75) is 6.92 Å².